The van der Waals surface area contributed by atoms with E-state index in [2.05, 4.69) is 11.4 Å². The predicted octanol–water partition coefficient (Wildman–Crippen LogP) is 3.44. The number of aryl methyl sites for hydroxylation is 1. The Balaban J connectivity index is 0.00000162. The van der Waals surface area contributed by atoms with E-state index in [9.17, 15) is 10.1 Å². The molecule has 0 aromatic heterocycles. The van der Waals surface area contributed by atoms with E-state index in [1.54, 1.807) is 6.07 Å². The number of nitro benzene ring substituents is 1. The van der Waals surface area contributed by atoms with Crippen molar-refractivity contribution in [3.63, 3.8) is 0 Å². The number of hydrogen-bond donors (Lipinski definition) is 1. The normalized spacial score (nSPS) is 9.39. The molecule has 0 atom stereocenters. The van der Waals surface area contributed by atoms with Crippen LogP contribution in [0.2, 0.25) is 0 Å². The van der Waals surface area contributed by atoms with Gasteiger partial charge in [0.1, 0.15) is 0 Å². The van der Waals surface area contributed by atoms with E-state index in [0.717, 1.165) is 16.9 Å². The van der Waals surface area contributed by atoms with E-state index in [-0.39, 0.29) is 38.4 Å². The SMILES string of the molecule is Cc1c[c-]c([N+](=O)[O-])cc1Nc1ccccc1.[Y+3]. The molecule has 0 aliphatic heterocycles. The van der Waals surface area contributed by atoms with E-state index < -0.39 is 4.92 Å². The number of benzene rings is 2. The van der Waals surface area contributed by atoms with Gasteiger partial charge in [-0.15, -0.1) is 11.6 Å². The molecule has 0 aliphatic carbocycles. The number of nitrogens with zero attached hydrogens (tertiary/aromatic N) is 1. The molecule has 1 N–H and O–H groups in total. The summed E-state index contributed by atoms with van der Waals surface area (Å²) in [7, 11) is 0. The van der Waals surface area contributed by atoms with Gasteiger partial charge in [-0.3, -0.25) is 10.1 Å². The van der Waals surface area contributed by atoms with Gasteiger partial charge in [0.05, 0.1) is 0 Å². The molecule has 2 rings (SSSR count). The predicted molar refractivity (Wildman–Crippen MR) is 66.4 cm³/mol. The van der Waals surface area contributed by atoms with Crippen LogP contribution in [0.3, 0.4) is 0 Å². The summed E-state index contributed by atoms with van der Waals surface area (Å²) in [6.45, 7) is 1.88. The van der Waals surface area contributed by atoms with Crippen molar-refractivity contribution in [2.24, 2.45) is 0 Å². The quantitative estimate of drug-likeness (QED) is 0.536. The fraction of sp³-hybridized carbons (Fsp3) is 0.0769. The van der Waals surface area contributed by atoms with E-state index >= 15 is 0 Å². The molecule has 0 unspecified atom stereocenters. The number of non-ortho nitro benzene ring substituents is 1. The molecular formula is C13H11N2O2Y+2. The number of nitro groups is 1. The third-order valence-corrected chi connectivity index (χ3v) is 2.39. The average Bonchev–Trinajstić information content (AvgIpc) is 2.33. The second-order valence-electron chi connectivity index (χ2n) is 3.66. The van der Waals surface area contributed by atoms with Gasteiger partial charge in [-0.2, -0.15) is 6.07 Å². The third-order valence-electron chi connectivity index (χ3n) is 2.39. The van der Waals surface area contributed by atoms with Crippen molar-refractivity contribution < 1.29 is 37.6 Å². The Hall–Kier alpha value is -1.26. The van der Waals surface area contributed by atoms with Gasteiger partial charge in [0.2, 0.25) is 0 Å². The molecule has 0 saturated heterocycles. The molecule has 0 amide bonds. The molecule has 86 valence electrons. The molecule has 18 heavy (non-hydrogen) atoms. The molecule has 2 aromatic carbocycles. The molecule has 0 spiro atoms. The smallest absolute Gasteiger partial charge is 0.378 e. The topological polar surface area (TPSA) is 55.2 Å². The summed E-state index contributed by atoms with van der Waals surface area (Å²) in [6.07, 6.45) is 0. The molecule has 2 aromatic rings. The van der Waals surface area contributed by atoms with Crippen molar-refractivity contribution in [3.8, 4) is 0 Å². The Morgan fingerprint density at radius 1 is 1.28 bits per heavy atom. The monoisotopic (exact) mass is 316 g/mol. The summed E-state index contributed by atoms with van der Waals surface area (Å²) in [5.41, 5.74) is 2.51. The van der Waals surface area contributed by atoms with E-state index in [4.69, 9.17) is 0 Å². The van der Waals surface area contributed by atoms with Crippen LogP contribution in [0.25, 0.3) is 0 Å². The minimum atomic E-state index is -0.449. The minimum absolute atomic E-state index is 0. The van der Waals surface area contributed by atoms with Gasteiger partial charge in [0.25, 0.3) is 0 Å². The molecule has 0 saturated carbocycles. The summed E-state index contributed by atoms with van der Waals surface area (Å²) < 4.78 is 0. The zero-order chi connectivity index (χ0) is 12.3. The van der Waals surface area contributed by atoms with Gasteiger partial charge in [0.15, 0.2) is 5.69 Å². The molecule has 0 radical (unpaired) electrons. The summed E-state index contributed by atoms with van der Waals surface area (Å²) in [6, 6.07) is 15.3. The first-order chi connectivity index (χ1) is 8.16. The van der Waals surface area contributed by atoms with Gasteiger partial charge < -0.3 is 5.32 Å². The minimum Gasteiger partial charge on any atom is -0.378 e. The summed E-state index contributed by atoms with van der Waals surface area (Å²) in [4.78, 5) is 10.2. The summed E-state index contributed by atoms with van der Waals surface area (Å²) in [5.74, 6) is 0. The first-order valence-corrected chi connectivity index (χ1v) is 5.15. The number of para-hydroxylation sites is 1. The first kappa shape index (κ1) is 14.8. The van der Waals surface area contributed by atoms with Gasteiger partial charge in [-0.1, -0.05) is 36.9 Å². The zero-order valence-corrected chi connectivity index (χ0v) is 12.7. The Morgan fingerprint density at radius 2 is 1.94 bits per heavy atom. The van der Waals surface area contributed by atoms with E-state index in [0.29, 0.717) is 0 Å². The van der Waals surface area contributed by atoms with Crippen molar-refractivity contribution in [2.45, 2.75) is 6.92 Å². The van der Waals surface area contributed by atoms with Gasteiger partial charge >= 0.3 is 32.7 Å². The Morgan fingerprint density at radius 3 is 2.56 bits per heavy atom. The molecule has 0 heterocycles. The zero-order valence-electron chi connectivity index (χ0n) is 9.88. The maximum atomic E-state index is 10.7. The van der Waals surface area contributed by atoms with Gasteiger partial charge in [-0.05, 0) is 12.1 Å². The second kappa shape index (κ2) is 6.62. The van der Waals surface area contributed by atoms with Gasteiger partial charge in [-0.25, -0.2) is 0 Å². The van der Waals surface area contributed by atoms with Crippen LogP contribution in [0.1, 0.15) is 5.56 Å². The number of nitrogens with one attached hydrogen (secondary N) is 1. The molecular weight excluding hydrogens is 305 g/mol. The Kier molecular flexibility index (Phi) is 5.44. The van der Waals surface area contributed by atoms with Crippen molar-refractivity contribution in [1.82, 2.24) is 0 Å². The van der Waals surface area contributed by atoms with Crippen LogP contribution in [-0.2, 0) is 32.7 Å². The Labute approximate surface area is 130 Å². The van der Waals surface area contributed by atoms with Crippen molar-refractivity contribution >= 4 is 17.1 Å². The van der Waals surface area contributed by atoms with Crippen LogP contribution >= 0.6 is 0 Å². The maximum absolute atomic E-state index is 10.7. The van der Waals surface area contributed by atoms with Crippen LogP contribution in [-0.4, -0.2) is 4.92 Å². The van der Waals surface area contributed by atoms with Crippen molar-refractivity contribution in [3.05, 3.63) is 64.2 Å². The molecule has 0 bridgehead atoms. The van der Waals surface area contributed by atoms with Crippen LogP contribution in [0, 0.1) is 23.1 Å². The Bertz CT molecular complexity index is 544. The maximum Gasteiger partial charge on any atom is 3.00 e. The van der Waals surface area contributed by atoms with Crippen LogP contribution < -0.4 is 5.32 Å². The van der Waals surface area contributed by atoms with Crippen LogP contribution in [0.5, 0.6) is 0 Å². The number of rotatable bonds is 3. The summed E-state index contributed by atoms with van der Waals surface area (Å²) in [5, 5.41) is 13.8. The largest absolute Gasteiger partial charge is 3.00 e. The van der Waals surface area contributed by atoms with Crippen molar-refractivity contribution in [2.75, 3.05) is 5.32 Å². The standard InChI is InChI=1S/C13H11N2O2.Y/c1-10-7-8-12(15(16)17)9-13(10)14-11-5-3-2-4-6-11;/h2-7,9,14H,1H3;/q-1;+3. The first-order valence-electron chi connectivity index (χ1n) is 5.15. The van der Waals surface area contributed by atoms with E-state index in [1.807, 2.05) is 37.3 Å². The average molecular weight is 316 g/mol. The van der Waals surface area contributed by atoms with E-state index in [1.165, 1.54) is 6.07 Å². The fourth-order valence-corrected chi connectivity index (χ4v) is 1.47. The van der Waals surface area contributed by atoms with Crippen molar-refractivity contribution in [1.29, 1.82) is 0 Å². The molecule has 4 nitrogen and oxygen atoms in total. The number of anilines is 2. The third kappa shape index (κ3) is 3.62. The molecule has 0 fully saturated rings. The molecule has 5 heteroatoms. The second-order valence-corrected chi connectivity index (χ2v) is 3.66. The summed E-state index contributed by atoms with van der Waals surface area (Å²) >= 11 is 0. The fourth-order valence-electron chi connectivity index (χ4n) is 1.47. The molecule has 0 aliphatic rings. The van der Waals surface area contributed by atoms with Crippen LogP contribution in [0.4, 0.5) is 17.1 Å². The van der Waals surface area contributed by atoms with Gasteiger partial charge in [0, 0.05) is 10.6 Å². The number of hydrogen-bond acceptors (Lipinski definition) is 3. The van der Waals surface area contributed by atoms with Crippen LogP contribution in [0.15, 0.2) is 42.5 Å².